The monoisotopic (exact) mass is 720 g/mol. The molecule has 13 N–H and O–H groups in total. The molecule has 0 bridgehead atoms. The Morgan fingerprint density at radius 1 is 0.458 bits per heavy atom. The van der Waals surface area contributed by atoms with Gasteiger partial charge in [-0.25, -0.2) is 0 Å². The molecule has 20 nitrogen and oxygen atoms in total. The molecule has 48 heavy (non-hydrogen) atoms. The summed E-state index contributed by atoms with van der Waals surface area (Å²) in [6.45, 7) is -3.23. The first kappa shape index (κ1) is 39.9. The quantitative estimate of drug-likeness (QED) is 0.0832. The minimum atomic E-state index is -2.05. The third kappa shape index (κ3) is 8.26. The molecular formula is C27H44O20S. The van der Waals surface area contributed by atoms with Gasteiger partial charge in [0.25, 0.3) is 0 Å². The summed E-state index contributed by atoms with van der Waals surface area (Å²) in [6.07, 6.45) is -27.8. The lowest BCUT2D eigenvalue weighted by molar-refractivity contribution is -0.392. The minimum absolute atomic E-state index is 0.0281. The van der Waals surface area contributed by atoms with E-state index in [-0.39, 0.29) is 5.75 Å². The van der Waals surface area contributed by atoms with E-state index in [1.807, 2.05) is 0 Å². The smallest absolute Gasteiger partial charge is 0.187 e. The van der Waals surface area contributed by atoms with Crippen LogP contribution < -0.4 is 0 Å². The molecule has 4 saturated heterocycles. The van der Waals surface area contributed by atoms with Crippen molar-refractivity contribution in [3.05, 3.63) is 0 Å². The third-order valence-corrected chi connectivity index (χ3v) is 9.57. The van der Waals surface area contributed by atoms with Crippen LogP contribution in [-0.4, -0.2) is 221 Å². The van der Waals surface area contributed by atoms with Gasteiger partial charge in [-0.2, -0.15) is 0 Å². The van der Waals surface area contributed by atoms with E-state index in [0.29, 0.717) is 0 Å². The topological polar surface area (TPSA) is 328 Å². The highest BCUT2D eigenvalue weighted by atomic mass is 32.2. The zero-order valence-corrected chi connectivity index (χ0v) is 26.1. The van der Waals surface area contributed by atoms with Crippen molar-refractivity contribution in [3.63, 3.8) is 0 Å². The Bertz CT molecular complexity index is 1040. The van der Waals surface area contributed by atoms with Gasteiger partial charge in [-0.15, -0.1) is 18.2 Å². The normalized spacial score (nSPS) is 50.2. The summed E-state index contributed by atoms with van der Waals surface area (Å²) < 4.78 is 39.3. The zero-order valence-electron chi connectivity index (χ0n) is 25.2. The van der Waals surface area contributed by atoms with Crippen molar-refractivity contribution in [2.24, 2.45) is 0 Å². The Morgan fingerprint density at radius 2 is 0.875 bits per heavy atom. The van der Waals surface area contributed by atoms with Crippen LogP contribution in [-0.2, 0) is 33.2 Å². The molecule has 0 spiro atoms. The van der Waals surface area contributed by atoms with Gasteiger partial charge < -0.3 is 99.5 Å². The van der Waals surface area contributed by atoms with Gasteiger partial charge in [0.2, 0.25) is 0 Å². The molecule has 20 atom stereocenters. The fourth-order valence-corrected chi connectivity index (χ4v) is 6.64. The number of thioether (sulfide) groups is 1. The molecule has 278 valence electrons. The second-order valence-corrected chi connectivity index (χ2v) is 12.7. The van der Waals surface area contributed by atoms with E-state index >= 15 is 0 Å². The van der Waals surface area contributed by atoms with Crippen LogP contribution >= 0.6 is 11.8 Å². The average Bonchev–Trinajstić information content (AvgIpc) is 3.08. The Labute approximate surface area is 277 Å². The summed E-state index contributed by atoms with van der Waals surface area (Å²) in [4.78, 5) is 0. The predicted molar refractivity (Wildman–Crippen MR) is 153 cm³/mol. The lowest BCUT2D eigenvalue weighted by atomic mass is 9.96. The average molecular weight is 721 g/mol. The van der Waals surface area contributed by atoms with Crippen molar-refractivity contribution < 1.29 is 99.5 Å². The number of aliphatic hydroxyl groups excluding tert-OH is 13. The number of terminal acetylenes is 1. The number of ether oxygens (including phenoxy) is 7. The van der Waals surface area contributed by atoms with E-state index in [4.69, 9.17) is 39.6 Å². The van der Waals surface area contributed by atoms with Crippen LogP contribution in [0.25, 0.3) is 0 Å². The highest BCUT2D eigenvalue weighted by Gasteiger charge is 2.55. The summed E-state index contributed by atoms with van der Waals surface area (Å²) in [5, 5.41) is 135. The van der Waals surface area contributed by atoms with Crippen molar-refractivity contribution in [2.45, 2.75) is 122 Å². The highest BCUT2D eigenvalue weighted by molar-refractivity contribution is 8.00. The molecule has 0 aromatic carbocycles. The van der Waals surface area contributed by atoms with Crippen molar-refractivity contribution in [2.75, 3.05) is 32.2 Å². The standard InChI is InChI=1S/C27H44O20S/c1-2-3-48-27-23(18(38)14(34)10(6-30)44-27)47-26-22(17(37)13(33)9(5-29)43-26)46-25-20(40)21(15(35)11(7-31)42-25)45-24-19(39)16(36)12(32)8(4-28)41-24/h1,8-40H,3-7H2/t8-,9-,10+,11-,12-,13-,14+,15-,16+,17+,18-,19+,20+,21+,22+,23-,24-,25-,26-,27+/m0/s1. The van der Waals surface area contributed by atoms with E-state index in [1.165, 1.54) is 0 Å². The van der Waals surface area contributed by atoms with Gasteiger partial charge in [-0.3, -0.25) is 0 Å². The molecular weight excluding hydrogens is 676 g/mol. The molecule has 4 heterocycles. The van der Waals surface area contributed by atoms with E-state index < -0.39 is 148 Å². The van der Waals surface area contributed by atoms with Crippen LogP contribution in [0.4, 0.5) is 0 Å². The van der Waals surface area contributed by atoms with Gasteiger partial charge >= 0.3 is 0 Å². The summed E-state index contributed by atoms with van der Waals surface area (Å²) in [6, 6.07) is 0. The van der Waals surface area contributed by atoms with Gasteiger partial charge in [0, 0.05) is 0 Å². The molecule has 0 aromatic heterocycles. The summed E-state index contributed by atoms with van der Waals surface area (Å²) in [7, 11) is 0. The van der Waals surface area contributed by atoms with Crippen molar-refractivity contribution in [1.29, 1.82) is 0 Å². The Hall–Kier alpha value is -0.890. The fourth-order valence-electron chi connectivity index (χ4n) is 5.75. The Morgan fingerprint density at radius 3 is 1.42 bits per heavy atom. The molecule has 21 heteroatoms. The second kappa shape index (κ2) is 17.6. The molecule has 0 radical (unpaired) electrons. The van der Waals surface area contributed by atoms with E-state index in [9.17, 15) is 66.4 Å². The van der Waals surface area contributed by atoms with Crippen LogP contribution in [0.15, 0.2) is 0 Å². The minimum Gasteiger partial charge on any atom is -0.394 e. The van der Waals surface area contributed by atoms with Crippen LogP contribution in [0.1, 0.15) is 0 Å². The summed E-state index contributed by atoms with van der Waals surface area (Å²) in [5.74, 6) is 2.38. The van der Waals surface area contributed by atoms with Gasteiger partial charge in [0.1, 0.15) is 103 Å². The van der Waals surface area contributed by atoms with Gasteiger partial charge in [0.05, 0.1) is 32.2 Å². The summed E-state index contributed by atoms with van der Waals surface area (Å²) >= 11 is 0.945. The van der Waals surface area contributed by atoms with E-state index in [2.05, 4.69) is 5.92 Å². The maximum atomic E-state index is 11.2. The first-order valence-corrected chi connectivity index (χ1v) is 16.1. The molecule has 0 saturated carbocycles. The maximum absolute atomic E-state index is 11.2. The number of hydrogen-bond acceptors (Lipinski definition) is 21. The third-order valence-electron chi connectivity index (χ3n) is 8.52. The Balaban J connectivity index is 1.59. The number of rotatable bonds is 12. The van der Waals surface area contributed by atoms with Gasteiger partial charge in [-0.05, 0) is 0 Å². The van der Waals surface area contributed by atoms with Gasteiger partial charge in [0.15, 0.2) is 18.9 Å². The summed E-state index contributed by atoms with van der Waals surface area (Å²) in [5.41, 5.74) is -1.14. The predicted octanol–water partition coefficient (Wildman–Crippen LogP) is -8.37. The first-order chi connectivity index (χ1) is 22.8. The van der Waals surface area contributed by atoms with Crippen LogP contribution in [0.5, 0.6) is 0 Å². The van der Waals surface area contributed by atoms with Crippen LogP contribution in [0, 0.1) is 12.3 Å². The molecule has 0 aromatic rings. The van der Waals surface area contributed by atoms with Crippen molar-refractivity contribution in [1.82, 2.24) is 0 Å². The van der Waals surface area contributed by atoms with Crippen LogP contribution in [0.3, 0.4) is 0 Å². The largest absolute Gasteiger partial charge is 0.394 e. The van der Waals surface area contributed by atoms with Gasteiger partial charge in [-0.1, -0.05) is 5.92 Å². The highest BCUT2D eigenvalue weighted by Crippen LogP contribution is 2.36. The van der Waals surface area contributed by atoms with Crippen molar-refractivity contribution in [3.8, 4) is 12.3 Å². The fraction of sp³-hybridized carbons (Fsp3) is 0.926. The zero-order chi connectivity index (χ0) is 35.4. The van der Waals surface area contributed by atoms with Crippen LogP contribution in [0.2, 0.25) is 0 Å². The molecule has 0 amide bonds. The Kier molecular flexibility index (Phi) is 14.6. The lowest BCUT2D eigenvalue weighted by Gasteiger charge is -2.49. The molecule has 0 unspecified atom stereocenters. The number of aliphatic hydroxyl groups is 13. The maximum Gasteiger partial charge on any atom is 0.187 e. The SMILES string of the molecule is C#CCS[C@H]1O[C@H](CO)[C@@H](O)[C@H](O)[C@@H]1O[C@@H]1O[C@@H](CO)[C@H](O)[C@@H](O)[C@H]1O[C@@H]1O[C@@H](CO)[C@H](O)[C@@H](O[C@@H]2O[C@@H](CO)[C@H](O)[C@@H](O)[C@H]2O)[C@H]1O. The molecule has 4 aliphatic heterocycles. The van der Waals surface area contributed by atoms with E-state index in [0.717, 1.165) is 11.8 Å². The molecule has 4 rings (SSSR count). The lowest BCUT2D eigenvalue weighted by Crippen LogP contribution is -2.67. The first-order valence-electron chi connectivity index (χ1n) is 15.0. The molecule has 4 aliphatic rings. The number of hydrogen-bond donors (Lipinski definition) is 13. The molecule has 0 aliphatic carbocycles. The van der Waals surface area contributed by atoms with Crippen molar-refractivity contribution >= 4 is 11.8 Å². The molecule has 4 fully saturated rings. The van der Waals surface area contributed by atoms with E-state index in [1.54, 1.807) is 0 Å². The second-order valence-electron chi connectivity index (χ2n) is 11.6.